The molecule has 0 radical (unpaired) electrons. The van der Waals surface area contributed by atoms with Gasteiger partial charge in [0.15, 0.2) is 6.79 Å². The minimum atomic E-state index is 0.280. The largest absolute Gasteiger partial charge is 0.466 e. The highest BCUT2D eigenvalue weighted by atomic mass is 16.7. The molecule has 1 heterocycles. The molecule has 4 nitrogen and oxygen atoms in total. The van der Waals surface area contributed by atoms with Gasteiger partial charge in [-0.2, -0.15) is 0 Å². The zero-order valence-electron chi connectivity index (χ0n) is 10.2. The van der Waals surface area contributed by atoms with Crippen LogP contribution in [0.25, 0.3) is 0 Å². The number of pyridine rings is 1. The summed E-state index contributed by atoms with van der Waals surface area (Å²) in [5, 5.41) is 3.31. The Labute approximate surface area is 97.0 Å². The first kappa shape index (κ1) is 12.9. The first-order chi connectivity index (χ1) is 7.72. The summed E-state index contributed by atoms with van der Waals surface area (Å²) in [5.41, 5.74) is 1.01. The zero-order chi connectivity index (χ0) is 11.8. The van der Waals surface area contributed by atoms with Crippen LogP contribution >= 0.6 is 0 Å². The van der Waals surface area contributed by atoms with E-state index in [1.807, 2.05) is 19.1 Å². The molecular weight excluding hydrogens is 204 g/mol. The van der Waals surface area contributed by atoms with Crippen LogP contribution in [0.2, 0.25) is 0 Å². The molecule has 0 saturated heterocycles. The summed E-state index contributed by atoms with van der Waals surface area (Å²) < 4.78 is 10.4. The highest BCUT2D eigenvalue weighted by Gasteiger charge is 1.98. The molecule has 0 atom stereocenters. The van der Waals surface area contributed by atoms with Crippen molar-refractivity contribution in [2.45, 2.75) is 33.4 Å². The summed E-state index contributed by atoms with van der Waals surface area (Å²) in [6, 6.07) is 4.33. The van der Waals surface area contributed by atoms with Crippen molar-refractivity contribution in [1.82, 2.24) is 10.3 Å². The van der Waals surface area contributed by atoms with Crippen molar-refractivity contribution in [3.05, 3.63) is 24.0 Å². The number of hydrogen-bond acceptors (Lipinski definition) is 4. The summed E-state index contributed by atoms with van der Waals surface area (Å²) >= 11 is 0. The van der Waals surface area contributed by atoms with E-state index in [0.717, 1.165) is 18.0 Å². The van der Waals surface area contributed by atoms with Crippen LogP contribution in [0.15, 0.2) is 18.3 Å². The molecule has 0 spiro atoms. The Morgan fingerprint density at radius 2 is 2.19 bits per heavy atom. The third-order valence-corrected chi connectivity index (χ3v) is 2.00. The lowest BCUT2D eigenvalue weighted by atomic mass is 10.3. The van der Waals surface area contributed by atoms with E-state index in [0.29, 0.717) is 12.6 Å². The van der Waals surface area contributed by atoms with E-state index in [1.54, 1.807) is 6.20 Å². The SMILES string of the molecule is CCOCOc1ccc(CNC(C)C)nc1. The van der Waals surface area contributed by atoms with Gasteiger partial charge in [0.05, 0.1) is 11.9 Å². The second kappa shape index (κ2) is 7.19. The van der Waals surface area contributed by atoms with Gasteiger partial charge in [-0.15, -0.1) is 0 Å². The molecule has 0 aliphatic heterocycles. The molecule has 0 saturated carbocycles. The van der Waals surface area contributed by atoms with E-state index in [1.165, 1.54) is 0 Å². The zero-order valence-corrected chi connectivity index (χ0v) is 10.2. The van der Waals surface area contributed by atoms with Gasteiger partial charge in [-0.3, -0.25) is 4.98 Å². The van der Waals surface area contributed by atoms with Gasteiger partial charge >= 0.3 is 0 Å². The molecule has 0 fully saturated rings. The van der Waals surface area contributed by atoms with Crippen molar-refractivity contribution in [2.24, 2.45) is 0 Å². The van der Waals surface area contributed by atoms with Crippen molar-refractivity contribution in [3.8, 4) is 5.75 Å². The van der Waals surface area contributed by atoms with Crippen LogP contribution in [0.5, 0.6) is 5.75 Å². The molecule has 0 bridgehead atoms. The van der Waals surface area contributed by atoms with Gasteiger partial charge in [0, 0.05) is 19.2 Å². The lowest BCUT2D eigenvalue weighted by molar-refractivity contribution is 0.0222. The summed E-state index contributed by atoms with van der Waals surface area (Å²) in [5.74, 6) is 0.738. The highest BCUT2D eigenvalue weighted by Crippen LogP contribution is 2.09. The van der Waals surface area contributed by atoms with Crippen LogP contribution in [0, 0.1) is 0 Å². The predicted molar refractivity (Wildman–Crippen MR) is 63.3 cm³/mol. The van der Waals surface area contributed by atoms with Gasteiger partial charge in [-0.05, 0) is 19.1 Å². The summed E-state index contributed by atoms with van der Waals surface area (Å²) in [7, 11) is 0. The van der Waals surface area contributed by atoms with E-state index < -0.39 is 0 Å². The number of rotatable bonds is 7. The summed E-state index contributed by atoms with van der Waals surface area (Å²) in [6.45, 7) is 7.87. The van der Waals surface area contributed by atoms with Crippen molar-refractivity contribution < 1.29 is 9.47 Å². The van der Waals surface area contributed by atoms with Gasteiger partial charge in [-0.1, -0.05) is 13.8 Å². The lowest BCUT2D eigenvalue weighted by Gasteiger charge is -2.08. The van der Waals surface area contributed by atoms with Gasteiger partial charge < -0.3 is 14.8 Å². The Hall–Kier alpha value is -1.13. The Bertz CT molecular complexity index is 286. The lowest BCUT2D eigenvalue weighted by Crippen LogP contribution is -2.22. The fraction of sp³-hybridized carbons (Fsp3) is 0.583. The summed E-state index contributed by atoms with van der Waals surface area (Å²) in [4.78, 5) is 4.29. The smallest absolute Gasteiger partial charge is 0.189 e. The van der Waals surface area contributed by atoms with Crippen molar-refractivity contribution in [3.63, 3.8) is 0 Å². The van der Waals surface area contributed by atoms with Crippen LogP contribution in [0.3, 0.4) is 0 Å². The van der Waals surface area contributed by atoms with E-state index >= 15 is 0 Å². The summed E-state index contributed by atoms with van der Waals surface area (Å²) in [6.07, 6.45) is 1.72. The fourth-order valence-corrected chi connectivity index (χ4v) is 1.10. The quantitative estimate of drug-likeness (QED) is 0.568. The third kappa shape index (κ3) is 5.09. The molecule has 1 N–H and O–H groups in total. The molecule has 0 unspecified atom stereocenters. The second-order valence-electron chi connectivity index (χ2n) is 3.78. The first-order valence-electron chi connectivity index (χ1n) is 5.61. The minimum absolute atomic E-state index is 0.280. The number of ether oxygens (including phenoxy) is 2. The molecule has 90 valence electrons. The molecular formula is C12H20N2O2. The number of nitrogens with zero attached hydrogens (tertiary/aromatic N) is 1. The van der Waals surface area contributed by atoms with Gasteiger partial charge in [-0.25, -0.2) is 0 Å². The maximum atomic E-state index is 5.32. The topological polar surface area (TPSA) is 43.4 Å². The molecule has 0 aliphatic rings. The molecule has 4 heteroatoms. The van der Waals surface area contributed by atoms with Gasteiger partial charge in [0.2, 0.25) is 0 Å². The van der Waals surface area contributed by atoms with Crippen molar-refractivity contribution in [2.75, 3.05) is 13.4 Å². The fourth-order valence-electron chi connectivity index (χ4n) is 1.10. The van der Waals surface area contributed by atoms with E-state index in [9.17, 15) is 0 Å². The molecule has 0 aromatic carbocycles. The molecule has 0 amide bonds. The number of hydrogen-bond donors (Lipinski definition) is 1. The Kier molecular flexibility index (Phi) is 5.82. The van der Waals surface area contributed by atoms with Crippen LogP contribution in [-0.2, 0) is 11.3 Å². The Morgan fingerprint density at radius 3 is 2.75 bits per heavy atom. The average molecular weight is 224 g/mol. The second-order valence-corrected chi connectivity index (χ2v) is 3.78. The molecule has 0 aliphatic carbocycles. The van der Waals surface area contributed by atoms with Crippen LogP contribution in [0.4, 0.5) is 0 Å². The van der Waals surface area contributed by atoms with Crippen LogP contribution in [-0.4, -0.2) is 24.4 Å². The molecule has 1 aromatic heterocycles. The Balaban J connectivity index is 2.35. The van der Waals surface area contributed by atoms with Crippen molar-refractivity contribution >= 4 is 0 Å². The molecule has 1 aromatic rings. The van der Waals surface area contributed by atoms with Crippen LogP contribution in [0.1, 0.15) is 26.5 Å². The standard InChI is InChI=1S/C12H20N2O2/c1-4-15-9-16-12-6-5-11(14-8-12)7-13-10(2)3/h5-6,8,10,13H,4,7,9H2,1-3H3. The Morgan fingerprint density at radius 1 is 1.38 bits per heavy atom. The predicted octanol–water partition coefficient (Wildman–Crippen LogP) is 1.95. The normalized spacial score (nSPS) is 10.8. The van der Waals surface area contributed by atoms with Crippen molar-refractivity contribution in [1.29, 1.82) is 0 Å². The molecule has 1 rings (SSSR count). The molecule has 16 heavy (non-hydrogen) atoms. The maximum Gasteiger partial charge on any atom is 0.189 e. The van der Waals surface area contributed by atoms with E-state index in [-0.39, 0.29) is 6.79 Å². The average Bonchev–Trinajstić information content (AvgIpc) is 2.28. The first-order valence-corrected chi connectivity index (χ1v) is 5.61. The highest BCUT2D eigenvalue weighted by molar-refractivity contribution is 5.19. The third-order valence-electron chi connectivity index (χ3n) is 2.00. The maximum absolute atomic E-state index is 5.32. The number of aromatic nitrogens is 1. The number of nitrogens with one attached hydrogen (secondary N) is 1. The monoisotopic (exact) mass is 224 g/mol. The van der Waals surface area contributed by atoms with Gasteiger partial charge in [0.25, 0.3) is 0 Å². The minimum Gasteiger partial charge on any atom is -0.466 e. The van der Waals surface area contributed by atoms with E-state index in [4.69, 9.17) is 9.47 Å². The van der Waals surface area contributed by atoms with Crippen LogP contribution < -0.4 is 10.1 Å². The van der Waals surface area contributed by atoms with Gasteiger partial charge in [0.1, 0.15) is 5.75 Å². The van der Waals surface area contributed by atoms with E-state index in [2.05, 4.69) is 24.1 Å².